The van der Waals surface area contributed by atoms with Crippen LogP contribution in [0.2, 0.25) is 0 Å². The molecule has 88 valence electrons. The SMILES string of the molecule is O=C(Cn1cnc2ncc(Br)cc21)NC1CC1. The van der Waals surface area contributed by atoms with E-state index in [2.05, 4.69) is 31.2 Å². The molecular weight excluding hydrogens is 284 g/mol. The molecule has 0 radical (unpaired) electrons. The molecule has 0 saturated heterocycles. The van der Waals surface area contributed by atoms with Gasteiger partial charge in [0.1, 0.15) is 6.54 Å². The third-order valence-corrected chi connectivity index (χ3v) is 3.13. The molecular formula is C11H11BrN4O. The lowest BCUT2D eigenvalue weighted by atomic mass is 10.4. The maximum Gasteiger partial charge on any atom is 0.240 e. The van der Waals surface area contributed by atoms with E-state index in [1.807, 2.05) is 10.6 Å². The molecule has 0 aromatic carbocycles. The number of halogens is 1. The number of carbonyl (C=O) groups is 1. The van der Waals surface area contributed by atoms with Gasteiger partial charge in [-0.2, -0.15) is 0 Å². The molecule has 1 aliphatic rings. The topological polar surface area (TPSA) is 59.8 Å². The van der Waals surface area contributed by atoms with Crippen molar-refractivity contribution in [1.29, 1.82) is 0 Å². The lowest BCUT2D eigenvalue weighted by Gasteiger charge is -2.05. The summed E-state index contributed by atoms with van der Waals surface area (Å²) in [6.45, 7) is 0.297. The van der Waals surface area contributed by atoms with Gasteiger partial charge in [-0.1, -0.05) is 0 Å². The first-order chi connectivity index (χ1) is 8.22. The van der Waals surface area contributed by atoms with Crippen molar-refractivity contribution < 1.29 is 4.79 Å². The minimum atomic E-state index is 0.0341. The monoisotopic (exact) mass is 294 g/mol. The summed E-state index contributed by atoms with van der Waals surface area (Å²) in [5.74, 6) is 0.0341. The first kappa shape index (κ1) is 10.7. The highest BCUT2D eigenvalue weighted by molar-refractivity contribution is 9.10. The van der Waals surface area contributed by atoms with Gasteiger partial charge in [-0.15, -0.1) is 0 Å². The Morgan fingerprint density at radius 1 is 1.53 bits per heavy atom. The molecule has 2 heterocycles. The highest BCUT2D eigenvalue weighted by Crippen LogP contribution is 2.19. The second-order valence-electron chi connectivity index (χ2n) is 4.21. The average Bonchev–Trinajstić information content (AvgIpc) is 3.01. The van der Waals surface area contributed by atoms with Gasteiger partial charge in [0.2, 0.25) is 5.91 Å². The Morgan fingerprint density at radius 3 is 3.12 bits per heavy atom. The van der Waals surface area contributed by atoms with Crippen molar-refractivity contribution >= 4 is 33.0 Å². The van der Waals surface area contributed by atoms with E-state index < -0.39 is 0 Å². The fraction of sp³-hybridized carbons (Fsp3) is 0.364. The molecule has 1 saturated carbocycles. The van der Waals surface area contributed by atoms with E-state index in [9.17, 15) is 4.79 Å². The number of nitrogens with one attached hydrogen (secondary N) is 1. The molecule has 3 rings (SSSR count). The van der Waals surface area contributed by atoms with Crippen molar-refractivity contribution in [3.63, 3.8) is 0 Å². The normalized spacial score (nSPS) is 15.1. The quantitative estimate of drug-likeness (QED) is 0.933. The van der Waals surface area contributed by atoms with Gasteiger partial charge in [0.15, 0.2) is 5.65 Å². The number of nitrogens with zero attached hydrogens (tertiary/aromatic N) is 3. The van der Waals surface area contributed by atoms with E-state index in [1.54, 1.807) is 12.5 Å². The maximum absolute atomic E-state index is 11.7. The summed E-state index contributed by atoms with van der Waals surface area (Å²) in [6.07, 6.45) is 5.55. The zero-order valence-electron chi connectivity index (χ0n) is 9.06. The summed E-state index contributed by atoms with van der Waals surface area (Å²) in [5, 5.41) is 2.95. The zero-order chi connectivity index (χ0) is 11.8. The maximum atomic E-state index is 11.7. The third-order valence-electron chi connectivity index (χ3n) is 2.70. The second kappa shape index (κ2) is 4.10. The minimum Gasteiger partial charge on any atom is -0.352 e. The molecule has 1 aliphatic carbocycles. The lowest BCUT2D eigenvalue weighted by molar-refractivity contribution is -0.121. The van der Waals surface area contributed by atoms with Crippen LogP contribution in [-0.4, -0.2) is 26.5 Å². The van der Waals surface area contributed by atoms with E-state index in [1.165, 1.54) is 0 Å². The standard InChI is InChI=1S/C11H11BrN4O/c12-7-3-9-11(13-4-7)14-6-16(9)5-10(17)15-8-1-2-8/h3-4,6,8H,1-2,5H2,(H,15,17). The molecule has 1 fully saturated rings. The van der Waals surface area contributed by atoms with E-state index in [4.69, 9.17) is 0 Å². The number of rotatable bonds is 3. The summed E-state index contributed by atoms with van der Waals surface area (Å²) in [4.78, 5) is 20.0. The zero-order valence-corrected chi connectivity index (χ0v) is 10.6. The van der Waals surface area contributed by atoms with E-state index in [0.717, 1.165) is 22.8 Å². The van der Waals surface area contributed by atoms with Gasteiger partial charge in [-0.05, 0) is 34.8 Å². The van der Waals surface area contributed by atoms with Crippen molar-refractivity contribution in [2.45, 2.75) is 25.4 Å². The van der Waals surface area contributed by atoms with Crippen LogP contribution in [0.5, 0.6) is 0 Å². The molecule has 0 spiro atoms. The van der Waals surface area contributed by atoms with Crippen LogP contribution in [-0.2, 0) is 11.3 Å². The summed E-state index contributed by atoms with van der Waals surface area (Å²) in [7, 11) is 0. The van der Waals surface area contributed by atoms with Gasteiger partial charge in [-0.3, -0.25) is 4.79 Å². The molecule has 1 amide bonds. The Bertz CT molecular complexity index is 576. The van der Waals surface area contributed by atoms with Crippen molar-refractivity contribution in [2.75, 3.05) is 0 Å². The van der Waals surface area contributed by atoms with Crippen LogP contribution in [0.15, 0.2) is 23.1 Å². The number of hydrogen-bond donors (Lipinski definition) is 1. The Balaban J connectivity index is 1.83. The van der Waals surface area contributed by atoms with Gasteiger partial charge in [0.25, 0.3) is 0 Å². The highest BCUT2D eigenvalue weighted by atomic mass is 79.9. The van der Waals surface area contributed by atoms with Crippen LogP contribution < -0.4 is 5.32 Å². The predicted molar refractivity (Wildman–Crippen MR) is 66.4 cm³/mol. The van der Waals surface area contributed by atoms with Gasteiger partial charge in [0, 0.05) is 16.7 Å². The summed E-state index contributed by atoms with van der Waals surface area (Å²) < 4.78 is 2.69. The van der Waals surface area contributed by atoms with Gasteiger partial charge in [0.05, 0.1) is 11.8 Å². The Hall–Kier alpha value is -1.43. The minimum absolute atomic E-state index is 0.0341. The molecule has 0 unspecified atom stereocenters. The van der Waals surface area contributed by atoms with E-state index in [0.29, 0.717) is 18.2 Å². The number of pyridine rings is 1. The number of hydrogen-bond acceptors (Lipinski definition) is 3. The largest absolute Gasteiger partial charge is 0.352 e. The van der Waals surface area contributed by atoms with Crippen molar-refractivity contribution in [3.8, 4) is 0 Å². The smallest absolute Gasteiger partial charge is 0.240 e. The molecule has 5 nitrogen and oxygen atoms in total. The molecule has 17 heavy (non-hydrogen) atoms. The lowest BCUT2D eigenvalue weighted by Crippen LogP contribution is -2.29. The van der Waals surface area contributed by atoms with Crippen LogP contribution in [0.4, 0.5) is 0 Å². The summed E-state index contributed by atoms with van der Waals surface area (Å²) in [5.41, 5.74) is 1.53. The number of aromatic nitrogens is 3. The number of amides is 1. The van der Waals surface area contributed by atoms with Crippen molar-refractivity contribution in [3.05, 3.63) is 23.1 Å². The van der Waals surface area contributed by atoms with Gasteiger partial charge in [-0.25, -0.2) is 9.97 Å². The Kier molecular flexibility index (Phi) is 2.58. The number of fused-ring (bicyclic) bond motifs is 1. The van der Waals surface area contributed by atoms with Crippen LogP contribution >= 0.6 is 15.9 Å². The Morgan fingerprint density at radius 2 is 2.35 bits per heavy atom. The molecule has 6 heteroatoms. The molecule has 2 aromatic rings. The summed E-state index contributed by atoms with van der Waals surface area (Å²) >= 11 is 3.36. The molecule has 2 aromatic heterocycles. The molecule has 1 N–H and O–H groups in total. The fourth-order valence-electron chi connectivity index (χ4n) is 1.70. The van der Waals surface area contributed by atoms with Crippen molar-refractivity contribution in [1.82, 2.24) is 19.9 Å². The second-order valence-corrected chi connectivity index (χ2v) is 5.13. The molecule has 0 bridgehead atoms. The van der Waals surface area contributed by atoms with Gasteiger partial charge < -0.3 is 9.88 Å². The third kappa shape index (κ3) is 2.31. The van der Waals surface area contributed by atoms with Crippen molar-refractivity contribution in [2.24, 2.45) is 0 Å². The number of carbonyl (C=O) groups excluding carboxylic acids is 1. The fourth-order valence-corrected chi connectivity index (χ4v) is 2.02. The first-order valence-corrected chi connectivity index (χ1v) is 6.27. The van der Waals surface area contributed by atoms with Gasteiger partial charge >= 0.3 is 0 Å². The first-order valence-electron chi connectivity index (χ1n) is 5.48. The van der Waals surface area contributed by atoms with Crippen LogP contribution in [0, 0.1) is 0 Å². The molecule has 0 atom stereocenters. The molecule has 0 aliphatic heterocycles. The highest BCUT2D eigenvalue weighted by Gasteiger charge is 2.23. The van der Waals surface area contributed by atoms with Crippen LogP contribution in [0.25, 0.3) is 11.2 Å². The number of imidazole rings is 1. The Labute approximate surface area is 106 Å². The van der Waals surface area contributed by atoms with E-state index in [-0.39, 0.29) is 5.91 Å². The van der Waals surface area contributed by atoms with Crippen LogP contribution in [0.1, 0.15) is 12.8 Å². The average molecular weight is 295 g/mol. The predicted octanol–water partition coefficient (Wildman–Crippen LogP) is 1.47. The van der Waals surface area contributed by atoms with E-state index >= 15 is 0 Å². The summed E-state index contributed by atoms with van der Waals surface area (Å²) in [6, 6.07) is 2.31. The van der Waals surface area contributed by atoms with Crippen LogP contribution in [0.3, 0.4) is 0 Å².